The van der Waals surface area contributed by atoms with Crippen LogP contribution in [0.25, 0.3) is 0 Å². The second-order valence-electron chi connectivity index (χ2n) is 4.46. The largest absolute Gasteiger partial charge is 0.377 e. The second kappa shape index (κ2) is 5.38. The van der Waals surface area contributed by atoms with Crippen molar-refractivity contribution in [2.45, 2.75) is 42.6 Å². The van der Waals surface area contributed by atoms with Gasteiger partial charge in [0.25, 0.3) is 0 Å². The first-order valence-electron chi connectivity index (χ1n) is 5.92. The third-order valence-corrected chi connectivity index (χ3v) is 4.58. The van der Waals surface area contributed by atoms with Gasteiger partial charge in [-0.2, -0.15) is 0 Å². The van der Waals surface area contributed by atoms with Gasteiger partial charge in [-0.1, -0.05) is 6.07 Å². The Morgan fingerprint density at radius 1 is 1.53 bits per heavy atom. The van der Waals surface area contributed by atoms with Crippen LogP contribution in [0.3, 0.4) is 0 Å². The molecule has 1 saturated heterocycles. The third-order valence-electron chi connectivity index (χ3n) is 3.05. The minimum absolute atomic E-state index is 0.212. The summed E-state index contributed by atoms with van der Waals surface area (Å²) >= 11 is 1.68. The minimum Gasteiger partial charge on any atom is -0.377 e. The maximum atomic E-state index is 13.7. The summed E-state index contributed by atoms with van der Waals surface area (Å²) in [7, 11) is 0. The highest BCUT2D eigenvalue weighted by Gasteiger charge is 2.26. The van der Waals surface area contributed by atoms with E-state index in [9.17, 15) is 4.39 Å². The van der Waals surface area contributed by atoms with Crippen LogP contribution in [-0.2, 0) is 4.74 Å². The molecule has 1 aromatic rings. The van der Waals surface area contributed by atoms with Crippen LogP contribution in [0, 0.1) is 5.82 Å². The molecular weight excluding hydrogens is 237 g/mol. The summed E-state index contributed by atoms with van der Waals surface area (Å²) < 4.78 is 19.3. The van der Waals surface area contributed by atoms with Gasteiger partial charge in [-0.25, -0.2) is 4.39 Å². The summed E-state index contributed by atoms with van der Waals surface area (Å²) in [6, 6.07) is 4.87. The van der Waals surface area contributed by atoms with E-state index in [1.165, 1.54) is 6.07 Å². The van der Waals surface area contributed by atoms with Crippen molar-refractivity contribution in [2.24, 2.45) is 5.73 Å². The molecule has 3 atom stereocenters. The zero-order chi connectivity index (χ0) is 12.4. The second-order valence-corrected chi connectivity index (χ2v) is 5.74. The van der Waals surface area contributed by atoms with Crippen LogP contribution in [0.4, 0.5) is 4.39 Å². The number of hydrogen-bond donors (Lipinski definition) is 1. The molecule has 0 aromatic heterocycles. The Balaban J connectivity index is 2.23. The van der Waals surface area contributed by atoms with Crippen molar-refractivity contribution >= 4 is 11.8 Å². The fourth-order valence-electron chi connectivity index (χ4n) is 2.09. The summed E-state index contributed by atoms with van der Waals surface area (Å²) in [4.78, 5) is 0.947. The molecule has 0 bridgehead atoms. The molecule has 1 aromatic carbocycles. The smallest absolute Gasteiger partial charge is 0.129 e. The lowest BCUT2D eigenvalue weighted by Gasteiger charge is -2.18. The predicted molar refractivity (Wildman–Crippen MR) is 68.7 cm³/mol. The van der Waals surface area contributed by atoms with Crippen molar-refractivity contribution in [3.8, 4) is 0 Å². The average molecular weight is 255 g/mol. The molecule has 3 unspecified atom stereocenters. The summed E-state index contributed by atoms with van der Waals surface area (Å²) in [6.45, 7) is 4.67. The van der Waals surface area contributed by atoms with Crippen LogP contribution in [0.15, 0.2) is 23.1 Å². The number of ether oxygens (including phenoxy) is 1. The van der Waals surface area contributed by atoms with Gasteiger partial charge in [0.15, 0.2) is 0 Å². The van der Waals surface area contributed by atoms with Crippen molar-refractivity contribution in [2.75, 3.05) is 6.61 Å². The Labute approximate surface area is 106 Å². The summed E-state index contributed by atoms with van der Waals surface area (Å²) in [5, 5.41) is 0.397. The molecule has 2 N–H and O–H groups in total. The van der Waals surface area contributed by atoms with Gasteiger partial charge >= 0.3 is 0 Å². The van der Waals surface area contributed by atoms with Crippen molar-refractivity contribution in [1.29, 1.82) is 0 Å². The third kappa shape index (κ3) is 2.81. The molecule has 1 heterocycles. The van der Waals surface area contributed by atoms with Crippen LogP contribution < -0.4 is 5.73 Å². The van der Waals surface area contributed by atoms with Gasteiger partial charge in [0.05, 0.1) is 6.10 Å². The fraction of sp³-hybridized carbons (Fsp3) is 0.538. The van der Waals surface area contributed by atoms with Gasteiger partial charge in [0.1, 0.15) is 5.82 Å². The number of rotatable bonds is 3. The maximum absolute atomic E-state index is 13.7. The number of hydrogen-bond acceptors (Lipinski definition) is 3. The Kier molecular flexibility index (Phi) is 4.07. The maximum Gasteiger partial charge on any atom is 0.129 e. The van der Waals surface area contributed by atoms with E-state index in [1.807, 2.05) is 13.0 Å². The predicted octanol–water partition coefficient (Wildman–Crippen LogP) is 3.11. The Bertz CT molecular complexity index is 397. The molecule has 0 aliphatic carbocycles. The lowest BCUT2D eigenvalue weighted by Crippen LogP contribution is -2.15. The summed E-state index contributed by atoms with van der Waals surface area (Å²) in [5.74, 6) is -0.212. The molecule has 1 fully saturated rings. The van der Waals surface area contributed by atoms with Gasteiger partial charge in [0.2, 0.25) is 0 Å². The molecule has 4 heteroatoms. The van der Waals surface area contributed by atoms with E-state index in [-0.39, 0.29) is 18.0 Å². The summed E-state index contributed by atoms with van der Waals surface area (Å²) in [6.07, 6.45) is 1.24. The fourth-order valence-corrected chi connectivity index (χ4v) is 3.47. The zero-order valence-corrected chi connectivity index (χ0v) is 11.0. The highest BCUT2D eigenvalue weighted by Crippen LogP contribution is 2.36. The van der Waals surface area contributed by atoms with Crippen molar-refractivity contribution in [3.05, 3.63) is 29.6 Å². The molecular formula is C13H18FNOS. The summed E-state index contributed by atoms with van der Waals surface area (Å²) in [5.41, 5.74) is 6.46. The van der Waals surface area contributed by atoms with Crippen LogP contribution in [0.5, 0.6) is 0 Å². The number of halogens is 1. The molecule has 2 rings (SSSR count). The lowest BCUT2D eigenvalue weighted by molar-refractivity contribution is 0.127. The van der Waals surface area contributed by atoms with Crippen molar-refractivity contribution < 1.29 is 9.13 Å². The number of benzene rings is 1. The first kappa shape index (κ1) is 12.9. The van der Waals surface area contributed by atoms with Crippen LogP contribution in [0.2, 0.25) is 0 Å². The average Bonchev–Trinajstić information content (AvgIpc) is 2.64. The van der Waals surface area contributed by atoms with E-state index in [2.05, 4.69) is 6.92 Å². The number of thioether (sulfide) groups is 1. The van der Waals surface area contributed by atoms with Crippen LogP contribution in [0.1, 0.15) is 31.9 Å². The van der Waals surface area contributed by atoms with Crippen LogP contribution in [-0.4, -0.2) is 18.0 Å². The molecule has 0 amide bonds. The van der Waals surface area contributed by atoms with E-state index in [1.54, 1.807) is 17.8 Å². The first-order chi connectivity index (χ1) is 8.09. The molecule has 2 nitrogen and oxygen atoms in total. The molecule has 1 aliphatic rings. The van der Waals surface area contributed by atoms with E-state index >= 15 is 0 Å². The molecule has 0 spiro atoms. The highest BCUT2D eigenvalue weighted by atomic mass is 32.2. The van der Waals surface area contributed by atoms with E-state index in [0.717, 1.165) is 17.9 Å². The first-order valence-corrected chi connectivity index (χ1v) is 6.80. The molecule has 0 radical (unpaired) electrons. The van der Waals surface area contributed by atoms with Gasteiger partial charge in [-0.15, -0.1) is 11.8 Å². The van der Waals surface area contributed by atoms with Gasteiger partial charge < -0.3 is 10.5 Å². The monoisotopic (exact) mass is 255 g/mol. The zero-order valence-electron chi connectivity index (χ0n) is 10.2. The van der Waals surface area contributed by atoms with E-state index in [0.29, 0.717) is 10.8 Å². The van der Waals surface area contributed by atoms with Gasteiger partial charge in [-0.05, 0) is 32.4 Å². The Morgan fingerprint density at radius 2 is 2.29 bits per heavy atom. The van der Waals surface area contributed by atoms with Crippen molar-refractivity contribution in [1.82, 2.24) is 0 Å². The molecule has 17 heavy (non-hydrogen) atoms. The van der Waals surface area contributed by atoms with Crippen LogP contribution >= 0.6 is 11.8 Å². The minimum atomic E-state index is -0.281. The van der Waals surface area contributed by atoms with E-state index < -0.39 is 0 Å². The SMILES string of the molecule is CC(N)c1c(F)cccc1SC1CCOC1C. The van der Waals surface area contributed by atoms with E-state index in [4.69, 9.17) is 10.5 Å². The molecule has 1 aliphatic heterocycles. The van der Waals surface area contributed by atoms with Gasteiger partial charge in [-0.3, -0.25) is 0 Å². The number of nitrogens with two attached hydrogens (primary N) is 1. The highest BCUT2D eigenvalue weighted by molar-refractivity contribution is 8.00. The lowest BCUT2D eigenvalue weighted by atomic mass is 10.1. The Morgan fingerprint density at radius 3 is 2.88 bits per heavy atom. The Hall–Kier alpha value is -0.580. The normalized spacial score (nSPS) is 26.1. The van der Waals surface area contributed by atoms with Crippen molar-refractivity contribution in [3.63, 3.8) is 0 Å². The molecule has 0 saturated carbocycles. The quantitative estimate of drug-likeness (QED) is 0.901. The topological polar surface area (TPSA) is 35.2 Å². The standard InChI is InChI=1S/C13H18FNOS/c1-8(15)13-10(14)4-3-5-12(13)17-11-6-7-16-9(11)2/h3-5,8-9,11H,6-7,15H2,1-2H3. The molecule has 94 valence electrons. The van der Waals surface area contributed by atoms with Gasteiger partial charge in [0, 0.05) is 28.4 Å².